The van der Waals surface area contributed by atoms with Crippen molar-refractivity contribution < 1.29 is 0 Å². The van der Waals surface area contributed by atoms with Crippen LogP contribution in [0.1, 0.15) is 42.8 Å². The van der Waals surface area contributed by atoms with Crippen LogP contribution in [-0.2, 0) is 6.42 Å². The smallest absolute Gasteiger partial charge is 0.133 e. The minimum absolute atomic E-state index is 0.846. The van der Waals surface area contributed by atoms with Crippen LogP contribution in [0.4, 0.5) is 5.82 Å². The van der Waals surface area contributed by atoms with Gasteiger partial charge in [0.2, 0.25) is 0 Å². The lowest BCUT2D eigenvalue weighted by molar-refractivity contribution is 0.910. The van der Waals surface area contributed by atoms with E-state index in [2.05, 4.69) is 63.1 Å². The number of benzene rings is 1. The Morgan fingerprint density at radius 2 is 1.76 bits per heavy atom. The number of nitrogens with one attached hydrogen (secondary N) is 1. The van der Waals surface area contributed by atoms with Crippen LogP contribution in [0.25, 0.3) is 11.3 Å². The fourth-order valence-corrected chi connectivity index (χ4v) is 2.41. The Labute approximate surface area is 127 Å². The average Bonchev–Trinajstić information content (AvgIpc) is 2.49. The second-order valence-electron chi connectivity index (χ2n) is 5.49. The van der Waals surface area contributed by atoms with Gasteiger partial charge in [-0.1, -0.05) is 32.0 Å². The van der Waals surface area contributed by atoms with E-state index in [4.69, 9.17) is 4.98 Å². The number of rotatable bonds is 5. The molecule has 1 N–H and O–H groups in total. The molecule has 2 aromatic rings. The van der Waals surface area contributed by atoms with Crippen molar-refractivity contribution in [2.75, 3.05) is 11.9 Å². The zero-order valence-electron chi connectivity index (χ0n) is 13.7. The fourth-order valence-electron chi connectivity index (χ4n) is 2.41. The maximum absolute atomic E-state index is 4.78. The van der Waals surface area contributed by atoms with Crippen molar-refractivity contribution in [2.45, 2.75) is 47.5 Å². The quantitative estimate of drug-likeness (QED) is 0.880. The van der Waals surface area contributed by atoms with Gasteiger partial charge < -0.3 is 5.32 Å². The molecule has 21 heavy (non-hydrogen) atoms. The van der Waals surface area contributed by atoms with E-state index in [0.29, 0.717) is 0 Å². The predicted molar refractivity (Wildman–Crippen MR) is 89.8 cm³/mol. The van der Waals surface area contributed by atoms with Gasteiger partial charge in [-0.05, 0) is 38.3 Å². The summed E-state index contributed by atoms with van der Waals surface area (Å²) in [5.74, 6) is 1.87. The molecule has 3 nitrogen and oxygen atoms in total. The summed E-state index contributed by atoms with van der Waals surface area (Å²) in [6, 6.07) is 6.40. The molecular weight excluding hydrogens is 258 g/mol. The van der Waals surface area contributed by atoms with E-state index in [1.807, 2.05) is 0 Å². The van der Waals surface area contributed by atoms with Gasteiger partial charge in [-0.3, -0.25) is 0 Å². The highest BCUT2D eigenvalue weighted by atomic mass is 15.0. The molecule has 3 heteroatoms. The third-order valence-corrected chi connectivity index (χ3v) is 3.91. The maximum Gasteiger partial charge on any atom is 0.133 e. The molecule has 1 heterocycles. The Morgan fingerprint density at radius 1 is 1.00 bits per heavy atom. The third kappa shape index (κ3) is 3.23. The highest BCUT2D eigenvalue weighted by molar-refractivity contribution is 5.71. The topological polar surface area (TPSA) is 37.8 Å². The number of aromatic nitrogens is 2. The molecule has 0 aliphatic heterocycles. The van der Waals surface area contributed by atoms with Crippen LogP contribution >= 0.6 is 0 Å². The Kier molecular flexibility index (Phi) is 4.94. The predicted octanol–water partition coefficient (Wildman–Crippen LogP) is 4.45. The van der Waals surface area contributed by atoms with Crippen LogP contribution in [0.15, 0.2) is 18.2 Å². The molecule has 0 bridgehead atoms. The van der Waals surface area contributed by atoms with E-state index in [9.17, 15) is 0 Å². The van der Waals surface area contributed by atoms with Crippen molar-refractivity contribution in [1.82, 2.24) is 9.97 Å². The molecule has 1 aromatic heterocycles. The summed E-state index contributed by atoms with van der Waals surface area (Å²) in [6.07, 6.45) is 1.93. The second kappa shape index (κ2) is 6.70. The molecule has 0 aliphatic rings. The molecule has 0 saturated heterocycles. The van der Waals surface area contributed by atoms with E-state index in [0.717, 1.165) is 42.3 Å². The zero-order chi connectivity index (χ0) is 15.4. The summed E-state index contributed by atoms with van der Waals surface area (Å²) in [7, 11) is 0. The van der Waals surface area contributed by atoms with Gasteiger partial charge in [0, 0.05) is 24.1 Å². The number of hydrogen-bond acceptors (Lipinski definition) is 3. The van der Waals surface area contributed by atoms with Gasteiger partial charge in [0.15, 0.2) is 0 Å². The minimum atomic E-state index is 0.846. The lowest BCUT2D eigenvalue weighted by Crippen LogP contribution is -2.09. The van der Waals surface area contributed by atoms with E-state index < -0.39 is 0 Å². The second-order valence-corrected chi connectivity index (χ2v) is 5.49. The van der Waals surface area contributed by atoms with Gasteiger partial charge in [0.25, 0.3) is 0 Å². The summed E-state index contributed by atoms with van der Waals surface area (Å²) in [4.78, 5) is 9.42. The van der Waals surface area contributed by atoms with Crippen molar-refractivity contribution in [3.05, 3.63) is 40.7 Å². The Hall–Kier alpha value is -1.90. The SMILES string of the molecule is CCCNc1nc(CC)nc(-c2cccc(C)c2C)c1C. The molecule has 0 fully saturated rings. The van der Waals surface area contributed by atoms with Crippen molar-refractivity contribution in [3.8, 4) is 11.3 Å². The summed E-state index contributed by atoms with van der Waals surface area (Å²) in [5.41, 5.74) is 5.99. The molecular formula is C18H25N3. The Bertz CT molecular complexity index is 633. The van der Waals surface area contributed by atoms with Crippen molar-refractivity contribution in [1.29, 1.82) is 0 Å². The average molecular weight is 283 g/mol. The maximum atomic E-state index is 4.78. The van der Waals surface area contributed by atoms with Crippen molar-refractivity contribution in [2.24, 2.45) is 0 Å². The largest absolute Gasteiger partial charge is 0.370 e. The lowest BCUT2D eigenvalue weighted by Gasteiger charge is -2.15. The molecule has 0 saturated carbocycles. The van der Waals surface area contributed by atoms with Gasteiger partial charge in [-0.25, -0.2) is 9.97 Å². The van der Waals surface area contributed by atoms with Gasteiger partial charge in [-0.15, -0.1) is 0 Å². The zero-order valence-corrected chi connectivity index (χ0v) is 13.7. The molecule has 1 aromatic carbocycles. The molecule has 0 unspecified atom stereocenters. The highest BCUT2D eigenvalue weighted by Crippen LogP contribution is 2.29. The number of aryl methyl sites for hydroxylation is 2. The van der Waals surface area contributed by atoms with Gasteiger partial charge >= 0.3 is 0 Å². The number of hydrogen-bond donors (Lipinski definition) is 1. The Balaban J connectivity index is 2.59. The number of nitrogens with zero attached hydrogens (tertiary/aromatic N) is 2. The number of anilines is 1. The molecule has 0 atom stereocenters. The molecule has 112 valence electrons. The van der Waals surface area contributed by atoms with Crippen molar-refractivity contribution in [3.63, 3.8) is 0 Å². The third-order valence-electron chi connectivity index (χ3n) is 3.91. The summed E-state index contributed by atoms with van der Waals surface area (Å²) in [5, 5.41) is 3.43. The molecule has 0 spiro atoms. The van der Waals surface area contributed by atoms with Crippen LogP contribution < -0.4 is 5.32 Å². The summed E-state index contributed by atoms with van der Waals surface area (Å²) in [6.45, 7) is 11.6. The first kappa shape index (κ1) is 15.5. The van der Waals surface area contributed by atoms with Crippen molar-refractivity contribution >= 4 is 5.82 Å². The first-order valence-electron chi connectivity index (χ1n) is 7.76. The highest BCUT2D eigenvalue weighted by Gasteiger charge is 2.14. The molecule has 0 aliphatic carbocycles. The summed E-state index contributed by atoms with van der Waals surface area (Å²) < 4.78 is 0. The van der Waals surface area contributed by atoms with Gasteiger partial charge in [-0.2, -0.15) is 0 Å². The van der Waals surface area contributed by atoms with Crippen LogP contribution in [0.2, 0.25) is 0 Å². The van der Waals surface area contributed by atoms with E-state index in [1.54, 1.807) is 0 Å². The first-order valence-corrected chi connectivity index (χ1v) is 7.76. The first-order chi connectivity index (χ1) is 10.1. The molecule has 0 amide bonds. The van der Waals surface area contributed by atoms with Gasteiger partial charge in [0.1, 0.15) is 11.6 Å². The molecule has 0 radical (unpaired) electrons. The van der Waals surface area contributed by atoms with Gasteiger partial charge in [0.05, 0.1) is 5.69 Å². The van der Waals surface area contributed by atoms with Crippen LogP contribution in [-0.4, -0.2) is 16.5 Å². The monoisotopic (exact) mass is 283 g/mol. The molecule has 2 rings (SSSR count). The van der Waals surface area contributed by atoms with E-state index >= 15 is 0 Å². The standard InChI is InChI=1S/C18H25N3/c1-6-11-19-18-14(5)17(20-16(7-2)21-18)15-10-8-9-12(3)13(15)4/h8-10H,6-7,11H2,1-5H3,(H,19,20,21). The van der Waals surface area contributed by atoms with Crippen LogP contribution in [0.3, 0.4) is 0 Å². The van der Waals surface area contributed by atoms with E-state index in [1.165, 1.54) is 16.7 Å². The summed E-state index contributed by atoms with van der Waals surface area (Å²) >= 11 is 0. The fraction of sp³-hybridized carbons (Fsp3) is 0.444. The minimum Gasteiger partial charge on any atom is -0.370 e. The Morgan fingerprint density at radius 3 is 2.43 bits per heavy atom. The van der Waals surface area contributed by atoms with Crippen LogP contribution in [0.5, 0.6) is 0 Å². The lowest BCUT2D eigenvalue weighted by atomic mass is 9.98. The normalized spacial score (nSPS) is 10.7. The van der Waals surface area contributed by atoms with Crippen LogP contribution in [0, 0.1) is 20.8 Å². The van der Waals surface area contributed by atoms with E-state index in [-0.39, 0.29) is 0 Å².